The maximum atomic E-state index is 10.5. The Morgan fingerprint density at radius 1 is 1.43 bits per heavy atom. The van der Waals surface area contributed by atoms with Gasteiger partial charge < -0.3 is 19.7 Å². The zero-order valence-corrected chi connectivity index (χ0v) is 11.6. The monoisotopic (exact) mass is 288 g/mol. The first-order valence-electron chi connectivity index (χ1n) is 6.68. The fraction of sp³-hybridized carbons (Fsp3) is 0.267. The van der Waals surface area contributed by atoms with E-state index in [1.807, 2.05) is 30.5 Å². The minimum absolute atomic E-state index is 0.457. The molecule has 2 N–H and O–H groups in total. The molecule has 0 bridgehead atoms. The summed E-state index contributed by atoms with van der Waals surface area (Å²) >= 11 is 0. The van der Waals surface area contributed by atoms with Gasteiger partial charge in [-0.25, -0.2) is 4.79 Å². The Labute approximate surface area is 121 Å². The van der Waals surface area contributed by atoms with Crippen molar-refractivity contribution >= 4 is 22.6 Å². The maximum absolute atomic E-state index is 10.5. The van der Waals surface area contributed by atoms with Crippen LogP contribution in [0.4, 0.5) is 4.79 Å². The molecular weight excluding hydrogens is 272 g/mol. The SMILES string of the molecule is COc1ccc2[nH]cc(C3=CCN(OC(=O)O)CC3)c2c1. The van der Waals surface area contributed by atoms with Crippen LogP contribution in [0.25, 0.3) is 16.5 Å². The normalized spacial score (nSPS) is 15.8. The van der Waals surface area contributed by atoms with E-state index in [0.29, 0.717) is 13.1 Å². The average molecular weight is 288 g/mol. The summed E-state index contributed by atoms with van der Waals surface area (Å²) in [4.78, 5) is 18.4. The third kappa shape index (κ3) is 2.71. The molecule has 0 amide bonds. The van der Waals surface area contributed by atoms with E-state index in [9.17, 15) is 4.79 Å². The lowest BCUT2D eigenvalue weighted by Gasteiger charge is -2.23. The van der Waals surface area contributed by atoms with Crippen LogP contribution in [0.15, 0.2) is 30.5 Å². The summed E-state index contributed by atoms with van der Waals surface area (Å²) in [6, 6.07) is 5.91. The van der Waals surface area contributed by atoms with Crippen LogP contribution in [0.5, 0.6) is 5.75 Å². The highest BCUT2D eigenvalue weighted by molar-refractivity contribution is 5.93. The summed E-state index contributed by atoms with van der Waals surface area (Å²) in [6.07, 6.45) is 3.43. The standard InChI is InChI=1S/C15H16N2O4/c1-20-11-2-3-14-12(8-11)13(9-16-14)10-4-6-17(7-5-10)21-15(18)19/h2-4,8-9,16H,5-7H2,1H3,(H,18,19). The van der Waals surface area contributed by atoms with E-state index in [1.165, 1.54) is 10.6 Å². The van der Waals surface area contributed by atoms with Crippen LogP contribution < -0.4 is 4.74 Å². The summed E-state index contributed by atoms with van der Waals surface area (Å²) < 4.78 is 5.27. The number of nitrogens with one attached hydrogen (secondary N) is 1. The van der Waals surface area contributed by atoms with Crippen molar-refractivity contribution in [3.63, 3.8) is 0 Å². The first-order valence-corrected chi connectivity index (χ1v) is 6.68. The molecule has 1 aromatic heterocycles. The molecule has 6 heteroatoms. The van der Waals surface area contributed by atoms with E-state index < -0.39 is 6.16 Å². The predicted molar refractivity (Wildman–Crippen MR) is 78.1 cm³/mol. The van der Waals surface area contributed by atoms with Crippen molar-refractivity contribution in [1.82, 2.24) is 10.0 Å². The molecule has 0 spiro atoms. The molecular formula is C15H16N2O4. The molecule has 0 unspecified atom stereocenters. The lowest BCUT2D eigenvalue weighted by Crippen LogP contribution is -2.30. The van der Waals surface area contributed by atoms with E-state index in [1.54, 1.807) is 7.11 Å². The van der Waals surface area contributed by atoms with Gasteiger partial charge in [0.2, 0.25) is 0 Å². The van der Waals surface area contributed by atoms with Crippen molar-refractivity contribution in [2.75, 3.05) is 20.2 Å². The molecule has 0 radical (unpaired) electrons. The molecule has 3 rings (SSSR count). The van der Waals surface area contributed by atoms with Crippen molar-refractivity contribution in [2.24, 2.45) is 0 Å². The highest BCUT2D eigenvalue weighted by Crippen LogP contribution is 2.31. The van der Waals surface area contributed by atoms with Crippen molar-refractivity contribution in [1.29, 1.82) is 0 Å². The van der Waals surface area contributed by atoms with Gasteiger partial charge in [0.15, 0.2) is 0 Å². The first-order chi connectivity index (χ1) is 10.2. The molecule has 0 saturated carbocycles. The first kappa shape index (κ1) is 13.5. The predicted octanol–water partition coefficient (Wildman–Crippen LogP) is 2.88. The zero-order chi connectivity index (χ0) is 14.8. The van der Waals surface area contributed by atoms with Gasteiger partial charge in [0.05, 0.1) is 13.7 Å². The Bertz CT molecular complexity index is 705. The van der Waals surface area contributed by atoms with Gasteiger partial charge in [0.1, 0.15) is 5.75 Å². The number of aromatic nitrogens is 1. The summed E-state index contributed by atoms with van der Waals surface area (Å²) in [7, 11) is 1.65. The van der Waals surface area contributed by atoms with Crippen LogP contribution in [-0.2, 0) is 4.84 Å². The molecule has 0 saturated heterocycles. The summed E-state index contributed by atoms with van der Waals surface area (Å²) in [5.41, 5.74) is 3.36. The number of carbonyl (C=O) groups is 1. The van der Waals surface area contributed by atoms with E-state index in [0.717, 1.165) is 28.6 Å². The minimum atomic E-state index is -1.27. The van der Waals surface area contributed by atoms with Crippen molar-refractivity contribution < 1.29 is 19.5 Å². The Morgan fingerprint density at radius 3 is 2.95 bits per heavy atom. The number of nitrogens with zero attached hydrogens (tertiary/aromatic N) is 1. The second kappa shape index (κ2) is 5.49. The Morgan fingerprint density at radius 2 is 2.29 bits per heavy atom. The molecule has 0 atom stereocenters. The highest BCUT2D eigenvalue weighted by Gasteiger charge is 2.18. The van der Waals surface area contributed by atoms with Gasteiger partial charge in [0.25, 0.3) is 0 Å². The fourth-order valence-corrected chi connectivity index (χ4v) is 2.58. The molecule has 1 aliphatic heterocycles. The van der Waals surface area contributed by atoms with E-state index in [-0.39, 0.29) is 0 Å². The third-order valence-corrected chi connectivity index (χ3v) is 3.61. The molecule has 1 aromatic carbocycles. The van der Waals surface area contributed by atoms with Gasteiger partial charge in [-0.2, -0.15) is 0 Å². The zero-order valence-electron chi connectivity index (χ0n) is 11.6. The molecule has 2 aromatic rings. The van der Waals surface area contributed by atoms with Crippen LogP contribution in [0.1, 0.15) is 12.0 Å². The average Bonchev–Trinajstić information content (AvgIpc) is 2.90. The molecule has 110 valence electrons. The highest BCUT2D eigenvalue weighted by atomic mass is 16.8. The summed E-state index contributed by atoms with van der Waals surface area (Å²) in [5.74, 6) is 0.815. The number of hydrogen-bond donors (Lipinski definition) is 2. The largest absolute Gasteiger partial charge is 0.525 e. The molecule has 6 nitrogen and oxygen atoms in total. The molecule has 2 heterocycles. The van der Waals surface area contributed by atoms with E-state index in [4.69, 9.17) is 9.84 Å². The van der Waals surface area contributed by atoms with Gasteiger partial charge in [-0.3, -0.25) is 0 Å². The number of aromatic amines is 1. The molecule has 21 heavy (non-hydrogen) atoms. The Kier molecular flexibility index (Phi) is 3.53. The van der Waals surface area contributed by atoms with Crippen LogP contribution in [0.3, 0.4) is 0 Å². The van der Waals surface area contributed by atoms with Crippen molar-refractivity contribution in [3.8, 4) is 5.75 Å². The van der Waals surface area contributed by atoms with Gasteiger partial charge in [-0.05, 0) is 30.2 Å². The lowest BCUT2D eigenvalue weighted by atomic mass is 9.99. The fourth-order valence-electron chi connectivity index (χ4n) is 2.58. The van der Waals surface area contributed by atoms with Crippen LogP contribution in [0, 0.1) is 0 Å². The molecule has 0 fully saturated rings. The Balaban J connectivity index is 1.87. The van der Waals surface area contributed by atoms with Gasteiger partial charge in [-0.1, -0.05) is 6.08 Å². The number of fused-ring (bicyclic) bond motifs is 1. The molecule has 0 aliphatic carbocycles. The van der Waals surface area contributed by atoms with Crippen molar-refractivity contribution in [2.45, 2.75) is 6.42 Å². The Hall–Kier alpha value is -2.47. The number of benzene rings is 1. The van der Waals surface area contributed by atoms with Crippen LogP contribution in [0.2, 0.25) is 0 Å². The van der Waals surface area contributed by atoms with Crippen molar-refractivity contribution in [3.05, 3.63) is 36.0 Å². The number of methoxy groups -OCH3 is 1. The smallest absolute Gasteiger partial charge is 0.497 e. The lowest BCUT2D eigenvalue weighted by molar-refractivity contribution is -0.112. The second-order valence-electron chi connectivity index (χ2n) is 4.84. The third-order valence-electron chi connectivity index (χ3n) is 3.61. The number of rotatable bonds is 3. The summed E-state index contributed by atoms with van der Waals surface area (Å²) in [5, 5.41) is 11.1. The number of carboxylic acid groups (broad SMARTS) is 1. The quantitative estimate of drug-likeness (QED) is 0.908. The number of hydrogen-bond acceptors (Lipinski definition) is 4. The number of hydroxylamine groups is 2. The van der Waals surface area contributed by atoms with E-state index in [2.05, 4.69) is 9.82 Å². The van der Waals surface area contributed by atoms with Crippen LogP contribution >= 0.6 is 0 Å². The van der Waals surface area contributed by atoms with Gasteiger partial charge in [0, 0.05) is 29.2 Å². The molecule has 1 aliphatic rings. The number of H-pyrrole nitrogens is 1. The second-order valence-corrected chi connectivity index (χ2v) is 4.84. The summed E-state index contributed by atoms with van der Waals surface area (Å²) in [6.45, 7) is 1.01. The maximum Gasteiger partial charge on any atom is 0.525 e. The van der Waals surface area contributed by atoms with Gasteiger partial charge >= 0.3 is 6.16 Å². The number of ether oxygens (including phenoxy) is 1. The minimum Gasteiger partial charge on any atom is -0.497 e. The van der Waals surface area contributed by atoms with Gasteiger partial charge in [-0.15, -0.1) is 5.06 Å². The van der Waals surface area contributed by atoms with E-state index >= 15 is 0 Å². The van der Waals surface area contributed by atoms with Crippen LogP contribution in [-0.4, -0.2) is 41.5 Å². The topological polar surface area (TPSA) is 74.8 Å².